The fourth-order valence-corrected chi connectivity index (χ4v) is 3.83. The van der Waals surface area contributed by atoms with Gasteiger partial charge in [0.05, 0.1) is 0 Å². The standard InChI is InChI=1S/C19H17NO4S/c1-25(23,24)19-16(20-12-11-13-7-3-2-4-8-13)17(21)14-9-5-6-10-15(14)18(19)22/h2-10,20H,11-12H2,1H3. The molecule has 0 atom stereocenters. The number of Topliss-reactive ketones (excluding diaryl/α,β-unsaturated/α-hetero) is 2. The third-order valence-electron chi connectivity index (χ3n) is 4.01. The second-order valence-corrected chi connectivity index (χ2v) is 7.80. The summed E-state index contributed by atoms with van der Waals surface area (Å²) in [5, 5.41) is 2.88. The van der Waals surface area contributed by atoms with Crippen LogP contribution in [0.4, 0.5) is 0 Å². The first-order valence-corrected chi connectivity index (χ1v) is 9.69. The molecule has 0 saturated heterocycles. The molecule has 0 aromatic heterocycles. The van der Waals surface area contributed by atoms with Crippen molar-refractivity contribution in [2.24, 2.45) is 0 Å². The molecule has 0 fully saturated rings. The second-order valence-electron chi connectivity index (χ2n) is 5.84. The summed E-state index contributed by atoms with van der Waals surface area (Å²) < 4.78 is 24.2. The minimum absolute atomic E-state index is 0.126. The van der Waals surface area contributed by atoms with E-state index in [4.69, 9.17) is 0 Å². The van der Waals surface area contributed by atoms with E-state index in [1.807, 2.05) is 30.3 Å². The van der Waals surface area contributed by atoms with Gasteiger partial charge in [0.1, 0.15) is 10.6 Å². The number of allylic oxidation sites excluding steroid dienone is 2. The molecule has 1 aliphatic rings. The summed E-state index contributed by atoms with van der Waals surface area (Å²) in [7, 11) is -3.85. The second kappa shape index (κ2) is 6.64. The van der Waals surface area contributed by atoms with Crippen LogP contribution in [-0.2, 0) is 16.3 Å². The Balaban J connectivity index is 1.95. The number of sulfone groups is 1. The molecule has 6 heteroatoms. The maximum Gasteiger partial charge on any atom is 0.211 e. The van der Waals surface area contributed by atoms with Crippen LogP contribution in [0, 0.1) is 0 Å². The first-order valence-electron chi connectivity index (χ1n) is 7.80. The van der Waals surface area contributed by atoms with Crippen molar-refractivity contribution in [3.8, 4) is 0 Å². The number of carbonyl (C=O) groups excluding carboxylic acids is 2. The average molecular weight is 355 g/mol. The van der Waals surface area contributed by atoms with Gasteiger partial charge in [-0.05, 0) is 12.0 Å². The number of ketones is 2. The third kappa shape index (κ3) is 3.39. The van der Waals surface area contributed by atoms with Crippen LogP contribution in [0.25, 0.3) is 0 Å². The van der Waals surface area contributed by atoms with Crippen LogP contribution in [0.5, 0.6) is 0 Å². The van der Waals surface area contributed by atoms with E-state index in [9.17, 15) is 18.0 Å². The van der Waals surface area contributed by atoms with Crippen molar-refractivity contribution >= 4 is 21.4 Å². The minimum Gasteiger partial charge on any atom is -0.380 e. The van der Waals surface area contributed by atoms with Gasteiger partial charge in [0, 0.05) is 23.9 Å². The number of benzene rings is 2. The molecule has 25 heavy (non-hydrogen) atoms. The monoisotopic (exact) mass is 355 g/mol. The van der Waals surface area contributed by atoms with Gasteiger partial charge in [0.2, 0.25) is 11.6 Å². The van der Waals surface area contributed by atoms with Crippen LogP contribution >= 0.6 is 0 Å². The smallest absolute Gasteiger partial charge is 0.211 e. The van der Waals surface area contributed by atoms with E-state index in [1.54, 1.807) is 12.1 Å². The lowest BCUT2D eigenvalue weighted by Crippen LogP contribution is -2.34. The Morgan fingerprint density at radius 3 is 2.00 bits per heavy atom. The molecular weight excluding hydrogens is 338 g/mol. The number of rotatable bonds is 5. The van der Waals surface area contributed by atoms with E-state index in [1.165, 1.54) is 12.1 Å². The highest BCUT2D eigenvalue weighted by Crippen LogP contribution is 2.27. The molecule has 3 rings (SSSR count). The maximum absolute atomic E-state index is 12.7. The summed E-state index contributed by atoms with van der Waals surface area (Å²) in [6, 6.07) is 15.9. The number of nitrogens with one attached hydrogen (secondary N) is 1. The Hall–Kier alpha value is -2.73. The fraction of sp³-hybridized carbons (Fsp3) is 0.158. The lowest BCUT2D eigenvalue weighted by atomic mass is 9.92. The molecule has 2 aromatic rings. The van der Waals surface area contributed by atoms with Gasteiger partial charge >= 0.3 is 0 Å². The molecule has 1 N–H and O–H groups in total. The lowest BCUT2D eigenvalue weighted by Gasteiger charge is -2.21. The molecule has 128 valence electrons. The fourth-order valence-electron chi connectivity index (χ4n) is 2.84. The average Bonchev–Trinajstić information content (AvgIpc) is 2.59. The van der Waals surface area contributed by atoms with Crippen LogP contribution in [0.3, 0.4) is 0 Å². The van der Waals surface area contributed by atoms with Gasteiger partial charge < -0.3 is 5.32 Å². The largest absolute Gasteiger partial charge is 0.380 e. The maximum atomic E-state index is 12.7. The predicted molar refractivity (Wildman–Crippen MR) is 95.1 cm³/mol. The minimum atomic E-state index is -3.85. The van der Waals surface area contributed by atoms with Crippen LogP contribution in [0.15, 0.2) is 65.2 Å². The van der Waals surface area contributed by atoms with Crippen molar-refractivity contribution in [2.45, 2.75) is 6.42 Å². The van der Waals surface area contributed by atoms with Crippen molar-refractivity contribution < 1.29 is 18.0 Å². The Kier molecular flexibility index (Phi) is 4.55. The van der Waals surface area contributed by atoms with Crippen molar-refractivity contribution in [3.63, 3.8) is 0 Å². The molecular formula is C19H17NO4S. The molecule has 0 bridgehead atoms. The van der Waals surface area contributed by atoms with Crippen molar-refractivity contribution in [1.82, 2.24) is 5.32 Å². The van der Waals surface area contributed by atoms with Crippen LogP contribution in [0.1, 0.15) is 26.3 Å². The van der Waals surface area contributed by atoms with Crippen LogP contribution in [-0.4, -0.2) is 32.8 Å². The molecule has 0 unspecified atom stereocenters. The molecule has 0 radical (unpaired) electrons. The van der Waals surface area contributed by atoms with E-state index < -0.39 is 26.3 Å². The zero-order valence-corrected chi connectivity index (χ0v) is 14.5. The van der Waals surface area contributed by atoms with Crippen molar-refractivity contribution in [1.29, 1.82) is 0 Å². The van der Waals surface area contributed by atoms with Gasteiger partial charge in [0.15, 0.2) is 9.84 Å². The molecule has 0 aliphatic heterocycles. The van der Waals surface area contributed by atoms with E-state index in [-0.39, 0.29) is 16.8 Å². The molecule has 2 aromatic carbocycles. The highest BCUT2D eigenvalue weighted by atomic mass is 32.2. The van der Waals surface area contributed by atoms with E-state index in [0.717, 1.165) is 11.8 Å². The molecule has 0 saturated carbocycles. The zero-order valence-electron chi connectivity index (χ0n) is 13.7. The summed E-state index contributed by atoms with van der Waals surface area (Å²) in [6.07, 6.45) is 1.55. The first kappa shape index (κ1) is 17.1. The summed E-state index contributed by atoms with van der Waals surface area (Å²) in [6.45, 7) is 0.347. The summed E-state index contributed by atoms with van der Waals surface area (Å²) >= 11 is 0. The van der Waals surface area contributed by atoms with Gasteiger partial charge in [-0.1, -0.05) is 54.6 Å². The SMILES string of the molecule is CS(=O)(=O)C1=C(NCCc2ccccc2)C(=O)c2ccccc2C1=O. The molecule has 0 amide bonds. The molecule has 0 heterocycles. The van der Waals surface area contributed by atoms with Crippen LogP contribution < -0.4 is 5.32 Å². The van der Waals surface area contributed by atoms with Crippen molar-refractivity contribution in [2.75, 3.05) is 12.8 Å². The predicted octanol–water partition coefficient (Wildman–Crippen LogP) is 2.15. The highest BCUT2D eigenvalue weighted by Gasteiger charge is 2.36. The summed E-state index contributed by atoms with van der Waals surface area (Å²) in [5.41, 5.74) is 1.26. The van der Waals surface area contributed by atoms with Gasteiger partial charge in [0.25, 0.3) is 0 Å². The van der Waals surface area contributed by atoms with E-state index in [0.29, 0.717) is 13.0 Å². The van der Waals surface area contributed by atoms with Gasteiger partial charge in [-0.3, -0.25) is 9.59 Å². The topological polar surface area (TPSA) is 80.3 Å². The quantitative estimate of drug-likeness (QED) is 0.889. The highest BCUT2D eigenvalue weighted by molar-refractivity contribution is 7.95. The first-order chi connectivity index (χ1) is 11.9. The Morgan fingerprint density at radius 1 is 0.840 bits per heavy atom. The Bertz CT molecular complexity index is 975. The zero-order chi connectivity index (χ0) is 18.0. The molecule has 0 spiro atoms. The molecule has 5 nitrogen and oxygen atoms in total. The normalized spacial score (nSPS) is 14.4. The third-order valence-corrected chi connectivity index (χ3v) is 5.14. The molecule has 1 aliphatic carbocycles. The summed E-state index contributed by atoms with van der Waals surface area (Å²) in [5.74, 6) is -1.11. The van der Waals surface area contributed by atoms with E-state index in [2.05, 4.69) is 5.32 Å². The van der Waals surface area contributed by atoms with Crippen LogP contribution in [0.2, 0.25) is 0 Å². The number of hydrogen-bond acceptors (Lipinski definition) is 5. The summed E-state index contributed by atoms with van der Waals surface area (Å²) in [4.78, 5) is 24.9. The van der Waals surface area contributed by atoms with E-state index >= 15 is 0 Å². The van der Waals surface area contributed by atoms with Gasteiger partial charge in [-0.25, -0.2) is 8.42 Å². The van der Waals surface area contributed by atoms with Gasteiger partial charge in [-0.2, -0.15) is 0 Å². The number of hydrogen-bond donors (Lipinski definition) is 1. The lowest BCUT2D eigenvalue weighted by molar-refractivity contribution is 0.0974. The number of carbonyl (C=O) groups is 2. The Labute approximate surface area is 146 Å². The van der Waals surface area contributed by atoms with Crippen molar-refractivity contribution in [3.05, 3.63) is 81.9 Å². The Morgan fingerprint density at radius 2 is 1.40 bits per heavy atom. The number of fused-ring (bicyclic) bond motifs is 1. The van der Waals surface area contributed by atoms with Gasteiger partial charge in [-0.15, -0.1) is 0 Å².